The Bertz CT molecular complexity index is 513. The smallest absolute Gasteiger partial charge is 0.217 e. The number of likely N-dealkylation sites (tertiary alicyclic amines) is 1. The van der Waals surface area contributed by atoms with Gasteiger partial charge >= 0.3 is 0 Å². The van der Waals surface area contributed by atoms with E-state index in [0.717, 1.165) is 30.3 Å². The minimum absolute atomic E-state index is 0.0409. The van der Waals surface area contributed by atoms with Crippen LogP contribution in [0.3, 0.4) is 0 Å². The molecular weight excluding hydrogens is 302 g/mol. The molecule has 1 N–H and O–H groups in total. The molecule has 3 heterocycles. The molecule has 22 heavy (non-hydrogen) atoms. The number of nitrogens with one attached hydrogen (secondary N) is 1. The van der Waals surface area contributed by atoms with Gasteiger partial charge in [0.25, 0.3) is 0 Å². The molecule has 2 aliphatic heterocycles. The van der Waals surface area contributed by atoms with E-state index in [4.69, 9.17) is 9.47 Å². The number of fused-ring (bicyclic) bond motifs is 1. The predicted octanol–water partition coefficient (Wildman–Crippen LogP) is 0.864. The third kappa shape index (κ3) is 3.65. The van der Waals surface area contributed by atoms with Gasteiger partial charge < -0.3 is 14.8 Å². The Morgan fingerprint density at radius 2 is 1.95 bits per heavy atom. The summed E-state index contributed by atoms with van der Waals surface area (Å²) < 4.78 is 11.9. The lowest BCUT2D eigenvalue weighted by atomic mass is 10.3. The fourth-order valence-electron chi connectivity index (χ4n) is 2.96. The predicted molar refractivity (Wildman–Crippen MR) is 83.9 cm³/mol. The summed E-state index contributed by atoms with van der Waals surface area (Å²) in [6.45, 7) is 9.29. The summed E-state index contributed by atoms with van der Waals surface area (Å²) in [7, 11) is 0. The van der Waals surface area contributed by atoms with Gasteiger partial charge in [-0.3, -0.25) is 9.69 Å². The maximum Gasteiger partial charge on any atom is 0.217 e. The third-order valence-corrected chi connectivity index (χ3v) is 5.21. The van der Waals surface area contributed by atoms with Crippen molar-refractivity contribution >= 4 is 17.2 Å². The number of nitrogens with zero attached hydrogens (tertiary/aromatic N) is 2. The molecule has 0 aromatic carbocycles. The molecule has 0 radical (unpaired) electrons. The summed E-state index contributed by atoms with van der Waals surface area (Å²) in [4.78, 5) is 19.3. The van der Waals surface area contributed by atoms with Crippen molar-refractivity contribution in [2.24, 2.45) is 0 Å². The molecule has 0 unspecified atom stereocenters. The van der Waals surface area contributed by atoms with Gasteiger partial charge in [-0.25, -0.2) is 4.98 Å². The van der Waals surface area contributed by atoms with E-state index >= 15 is 0 Å². The zero-order chi connectivity index (χ0) is 15.7. The van der Waals surface area contributed by atoms with Crippen LogP contribution in [0.15, 0.2) is 0 Å². The number of aromatic nitrogens is 1. The second-order valence-corrected chi connectivity index (χ2v) is 7.37. The summed E-state index contributed by atoms with van der Waals surface area (Å²) in [6, 6.07) is -0.0409. The van der Waals surface area contributed by atoms with Crippen molar-refractivity contribution < 1.29 is 14.3 Å². The lowest BCUT2D eigenvalue weighted by Crippen LogP contribution is -2.40. The van der Waals surface area contributed by atoms with Crippen molar-refractivity contribution in [3.63, 3.8) is 0 Å². The lowest BCUT2D eigenvalue weighted by Gasteiger charge is -2.17. The molecular formula is C15H23N3O3S. The average Bonchev–Trinajstić information content (AvgIpc) is 2.91. The lowest BCUT2D eigenvalue weighted by molar-refractivity contribution is -0.120. The van der Waals surface area contributed by atoms with Crippen LogP contribution in [0.25, 0.3) is 0 Å². The SMILES string of the molecule is CC(=O)NC1CO[C@H]2CN(Cc3nc(C)c(C)s3)C[C@@H]2OC1. The average molecular weight is 325 g/mol. The molecule has 122 valence electrons. The van der Waals surface area contributed by atoms with Crippen LogP contribution in [0.5, 0.6) is 0 Å². The van der Waals surface area contributed by atoms with Crippen LogP contribution in [0.2, 0.25) is 0 Å². The van der Waals surface area contributed by atoms with Crippen LogP contribution in [0, 0.1) is 13.8 Å². The quantitative estimate of drug-likeness (QED) is 0.893. The van der Waals surface area contributed by atoms with Gasteiger partial charge in [-0.15, -0.1) is 11.3 Å². The van der Waals surface area contributed by atoms with Gasteiger partial charge in [-0.1, -0.05) is 0 Å². The summed E-state index contributed by atoms with van der Waals surface area (Å²) >= 11 is 1.76. The van der Waals surface area contributed by atoms with Gasteiger partial charge in [0, 0.05) is 24.9 Å². The number of rotatable bonds is 3. The molecule has 0 spiro atoms. The highest BCUT2D eigenvalue weighted by Crippen LogP contribution is 2.24. The highest BCUT2D eigenvalue weighted by Gasteiger charge is 2.37. The van der Waals surface area contributed by atoms with Gasteiger partial charge in [0.15, 0.2) is 0 Å². The highest BCUT2D eigenvalue weighted by atomic mass is 32.1. The Hall–Kier alpha value is -1.02. The molecule has 0 saturated carbocycles. The van der Waals surface area contributed by atoms with Crippen molar-refractivity contribution in [3.05, 3.63) is 15.6 Å². The fraction of sp³-hybridized carbons (Fsp3) is 0.733. The number of thiazole rings is 1. The van der Waals surface area contributed by atoms with Crippen LogP contribution < -0.4 is 5.32 Å². The number of amides is 1. The van der Waals surface area contributed by atoms with E-state index in [1.807, 2.05) is 0 Å². The molecule has 7 heteroatoms. The van der Waals surface area contributed by atoms with E-state index in [-0.39, 0.29) is 24.2 Å². The van der Waals surface area contributed by atoms with Gasteiger partial charge in [-0.2, -0.15) is 0 Å². The van der Waals surface area contributed by atoms with Crippen LogP contribution in [-0.2, 0) is 20.8 Å². The van der Waals surface area contributed by atoms with E-state index in [0.29, 0.717) is 13.2 Å². The Kier molecular flexibility index (Phi) is 4.77. The molecule has 0 aliphatic carbocycles. The topological polar surface area (TPSA) is 63.7 Å². The molecule has 2 atom stereocenters. The summed E-state index contributed by atoms with van der Waals surface area (Å²) in [5.41, 5.74) is 1.12. The molecule has 3 rings (SSSR count). The molecule has 2 fully saturated rings. The molecule has 1 aromatic heterocycles. The van der Waals surface area contributed by atoms with Gasteiger partial charge in [0.05, 0.1) is 43.7 Å². The van der Waals surface area contributed by atoms with Gasteiger partial charge in [0.2, 0.25) is 5.91 Å². The minimum Gasteiger partial charge on any atom is -0.372 e. The second-order valence-electron chi connectivity index (χ2n) is 6.08. The van der Waals surface area contributed by atoms with Crippen LogP contribution in [-0.4, -0.2) is 60.3 Å². The Morgan fingerprint density at radius 3 is 2.45 bits per heavy atom. The molecule has 2 aliphatic rings. The zero-order valence-corrected chi connectivity index (χ0v) is 14.1. The number of carbonyl (C=O) groups is 1. The molecule has 1 amide bonds. The van der Waals surface area contributed by atoms with Crippen molar-refractivity contribution in [2.45, 2.75) is 45.6 Å². The first-order valence-corrected chi connectivity index (χ1v) is 8.48. The second kappa shape index (κ2) is 6.62. The van der Waals surface area contributed by atoms with Crippen LogP contribution in [0.1, 0.15) is 22.5 Å². The van der Waals surface area contributed by atoms with Crippen molar-refractivity contribution in [3.8, 4) is 0 Å². The Labute approximate surface area is 134 Å². The number of carbonyl (C=O) groups excluding carboxylic acids is 1. The van der Waals surface area contributed by atoms with Gasteiger partial charge in [0.1, 0.15) is 5.01 Å². The highest BCUT2D eigenvalue weighted by molar-refractivity contribution is 7.11. The summed E-state index contributed by atoms with van der Waals surface area (Å²) in [5, 5.41) is 4.02. The van der Waals surface area contributed by atoms with E-state index in [1.54, 1.807) is 11.3 Å². The monoisotopic (exact) mass is 325 g/mol. The zero-order valence-electron chi connectivity index (χ0n) is 13.3. The first-order chi connectivity index (χ1) is 10.5. The van der Waals surface area contributed by atoms with E-state index in [1.165, 1.54) is 11.8 Å². The molecule has 0 bridgehead atoms. The van der Waals surface area contributed by atoms with E-state index < -0.39 is 0 Å². The van der Waals surface area contributed by atoms with E-state index in [2.05, 4.69) is 29.0 Å². The van der Waals surface area contributed by atoms with Crippen molar-refractivity contribution in [2.75, 3.05) is 26.3 Å². The first-order valence-electron chi connectivity index (χ1n) is 7.67. The molecule has 6 nitrogen and oxygen atoms in total. The minimum atomic E-state index is -0.0413. The maximum absolute atomic E-state index is 11.1. The third-order valence-electron chi connectivity index (χ3n) is 4.15. The number of hydrogen-bond acceptors (Lipinski definition) is 6. The van der Waals surface area contributed by atoms with Crippen LogP contribution >= 0.6 is 11.3 Å². The molecule has 1 aromatic rings. The largest absolute Gasteiger partial charge is 0.372 e. The summed E-state index contributed by atoms with van der Waals surface area (Å²) in [5.74, 6) is -0.0413. The first kappa shape index (κ1) is 15.9. The van der Waals surface area contributed by atoms with Crippen molar-refractivity contribution in [1.29, 1.82) is 0 Å². The fourth-order valence-corrected chi connectivity index (χ4v) is 3.94. The Morgan fingerprint density at radius 1 is 1.32 bits per heavy atom. The van der Waals surface area contributed by atoms with E-state index in [9.17, 15) is 4.79 Å². The standard InChI is InChI=1S/C15H23N3O3S/c1-9-10(2)22-15(16-9)6-18-4-13-14(5-18)21-8-12(7-20-13)17-11(3)19/h12-14H,4-8H2,1-3H3,(H,17,19)/t13-,14-/m0/s1. The summed E-state index contributed by atoms with van der Waals surface area (Å²) in [6.07, 6.45) is 0.168. The maximum atomic E-state index is 11.1. The number of ether oxygens (including phenoxy) is 2. The van der Waals surface area contributed by atoms with Gasteiger partial charge in [-0.05, 0) is 13.8 Å². The molecule has 2 saturated heterocycles. The Balaban J connectivity index is 1.54. The number of hydrogen-bond donors (Lipinski definition) is 1. The van der Waals surface area contributed by atoms with Crippen molar-refractivity contribution in [1.82, 2.24) is 15.2 Å². The number of aryl methyl sites for hydroxylation is 2. The normalized spacial score (nSPS) is 26.7. The van der Waals surface area contributed by atoms with Crippen LogP contribution in [0.4, 0.5) is 0 Å².